The van der Waals surface area contributed by atoms with Crippen molar-refractivity contribution < 1.29 is 9.90 Å². The second kappa shape index (κ2) is 9.02. The fourth-order valence-electron chi connectivity index (χ4n) is 4.97. The van der Waals surface area contributed by atoms with E-state index in [0.29, 0.717) is 18.7 Å². The van der Waals surface area contributed by atoms with Gasteiger partial charge in [-0.2, -0.15) is 0 Å². The summed E-state index contributed by atoms with van der Waals surface area (Å²) in [5, 5.41) is 10.1. The first kappa shape index (κ1) is 24.8. The highest BCUT2D eigenvalue weighted by atomic mass is 16.4. The minimum Gasteiger partial charge on any atom is -0.465 e. The molecule has 0 radical (unpaired) electrons. The van der Waals surface area contributed by atoms with E-state index in [1.807, 2.05) is 42.5 Å². The molecule has 1 aromatic carbocycles. The summed E-state index contributed by atoms with van der Waals surface area (Å²) in [5.41, 5.74) is 3.92. The number of hydrogen-bond acceptors (Lipinski definition) is 3. The standard InChI is InChI=1S/C28H36N4O3/c1-27(2,3)18-32-22-13-12-21(29-24(22)30(6)25(32)33)20-14-15-28(4,5)23(16-20)31(26(34)35)17-19-10-8-7-9-11-19/h7-13,16,23H,14-15,17-18H2,1-6H3,(H,34,35). The lowest BCUT2D eigenvalue weighted by Gasteiger charge is -2.42. The van der Waals surface area contributed by atoms with Crippen molar-refractivity contribution in [2.24, 2.45) is 17.9 Å². The van der Waals surface area contributed by atoms with Gasteiger partial charge in [0.15, 0.2) is 5.65 Å². The molecule has 0 bridgehead atoms. The molecule has 1 unspecified atom stereocenters. The second-order valence-electron chi connectivity index (χ2n) is 11.5. The van der Waals surface area contributed by atoms with E-state index in [4.69, 9.17) is 4.98 Å². The summed E-state index contributed by atoms with van der Waals surface area (Å²) in [4.78, 5) is 31.7. The third kappa shape index (κ3) is 5.04. The molecule has 1 N–H and O–H groups in total. The smallest absolute Gasteiger partial charge is 0.408 e. The Morgan fingerprint density at radius 1 is 1.17 bits per heavy atom. The van der Waals surface area contributed by atoms with Gasteiger partial charge in [-0.3, -0.25) is 14.0 Å². The van der Waals surface area contributed by atoms with Gasteiger partial charge in [0.05, 0.1) is 17.3 Å². The summed E-state index contributed by atoms with van der Waals surface area (Å²) in [7, 11) is 1.76. The van der Waals surface area contributed by atoms with Crippen molar-refractivity contribution in [1.82, 2.24) is 19.0 Å². The van der Waals surface area contributed by atoms with Crippen molar-refractivity contribution in [3.05, 3.63) is 70.3 Å². The Morgan fingerprint density at radius 2 is 1.86 bits per heavy atom. The number of aryl methyl sites for hydroxylation is 1. The number of fused-ring (bicyclic) bond motifs is 1. The first-order chi connectivity index (χ1) is 16.4. The highest BCUT2D eigenvalue weighted by Crippen LogP contribution is 2.41. The zero-order chi connectivity index (χ0) is 25.5. The maximum absolute atomic E-state index is 12.9. The van der Waals surface area contributed by atoms with Crippen molar-refractivity contribution >= 4 is 22.8 Å². The van der Waals surface area contributed by atoms with Crippen LogP contribution in [0.15, 0.2) is 53.3 Å². The monoisotopic (exact) mass is 476 g/mol. The highest BCUT2D eigenvalue weighted by molar-refractivity contribution is 5.77. The number of pyridine rings is 1. The third-order valence-corrected chi connectivity index (χ3v) is 6.92. The molecular formula is C28H36N4O3. The number of carboxylic acid groups (broad SMARTS) is 1. The van der Waals surface area contributed by atoms with Gasteiger partial charge in [0.2, 0.25) is 0 Å². The topological polar surface area (TPSA) is 80.4 Å². The molecule has 0 saturated heterocycles. The second-order valence-corrected chi connectivity index (χ2v) is 11.5. The predicted octanol–water partition coefficient (Wildman–Crippen LogP) is 5.53. The van der Waals surface area contributed by atoms with Crippen LogP contribution in [0.4, 0.5) is 4.79 Å². The third-order valence-electron chi connectivity index (χ3n) is 6.92. The Labute approximate surface area is 206 Å². The van der Waals surface area contributed by atoms with Crippen molar-refractivity contribution in [1.29, 1.82) is 0 Å². The molecule has 1 amide bonds. The quantitative estimate of drug-likeness (QED) is 0.525. The van der Waals surface area contributed by atoms with Crippen LogP contribution in [0, 0.1) is 10.8 Å². The Bertz CT molecular complexity index is 1330. The number of benzene rings is 1. The molecule has 7 heteroatoms. The number of aromatic nitrogens is 3. The highest BCUT2D eigenvalue weighted by Gasteiger charge is 2.38. The largest absolute Gasteiger partial charge is 0.465 e. The van der Waals surface area contributed by atoms with Crippen molar-refractivity contribution in [2.75, 3.05) is 0 Å². The van der Waals surface area contributed by atoms with Crippen LogP contribution in [-0.2, 0) is 20.1 Å². The normalized spacial score (nSPS) is 17.9. The summed E-state index contributed by atoms with van der Waals surface area (Å²) >= 11 is 0. The van der Waals surface area contributed by atoms with E-state index in [0.717, 1.165) is 35.2 Å². The Balaban J connectivity index is 1.75. The number of hydrogen-bond donors (Lipinski definition) is 1. The summed E-state index contributed by atoms with van der Waals surface area (Å²) in [6, 6.07) is 13.3. The van der Waals surface area contributed by atoms with Crippen molar-refractivity contribution in [3.63, 3.8) is 0 Å². The molecule has 2 aromatic heterocycles. The molecule has 0 spiro atoms. The van der Waals surface area contributed by atoms with Gasteiger partial charge in [0, 0.05) is 20.1 Å². The van der Waals surface area contributed by atoms with E-state index in [1.54, 1.807) is 16.2 Å². The predicted molar refractivity (Wildman–Crippen MR) is 139 cm³/mol. The molecule has 2 heterocycles. The molecule has 1 aliphatic rings. The van der Waals surface area contributed by atoms with Crippen LogP contribution in [0.2, 0.25) is 0 Å². The number of amides is 1. The van der Waals surface area contributed by atoms with Gasteiger partial charge < -0.3 is 5.11 Å². The lowest BCUT2D eigenvalue weighted by molar-refractivity contribution is 0.0851. The summed E-state index contributed by atoms with van der Waals surface area (Å²) < 4.78 is 3.40. The fourth-order valence-corrected chi connectivity index (χ4v) is 4.97. The Hall–Kier alpha value is -3.35. The van der Waals surface area contributed by atoms with Gasteiger partial charge in [-0.1, -0.05) is 71.0 Å². The van der Waals surface area contributed by atoms with E-state index < -0.39 is 6.09 Å². The minimum absolute atomic E-state index is 0.0411. The molecule has 0 saturated carbocycles. The van der Waals surface area contributed by atoms with Gasteiger partial charge in [0.1, 0.15) is 0 Å². The van der Waals surface area contributed by atoms with Gasteiger partial charge in [-0.25, -0.2) is 14.6 Å². The zero-order valence-electron chi connectivity index (χ0n) is 21.6. The number of imidazole rings is 1. The molecule has 3 aromatic rings. The SMILES string of the molecule is Cn1c(=O)n(CC(C)(C)C)c2ccc(C3=CC(N(Cc4ccccc4)C(=O)O)C(C)(C)CC3)nc21. The van der Waals surface area contributed by atoms with Crippen LogP contribution in [0.5, 0.6) is 0 Å². The molecule has 0 aliphatic heterocycles. The maximum Gasteiger partial charge on any atom is 0.408 e. The fraction of sp³-hybridized carbons (Fsp3) is 0.464. The van der Waals surface area contributed by atoms with E-state index >= 15 is 0 Å². The van der Waals surface area contributed by atoms with E-state index in [1.165, 1.54) is 4.90 Å². The van der Waals surface area contributed by atoms with Crippen molar-refractivity contribution in [3.8, 4) is 0 Å². The first-order valence-electron chi connectivity index (χ1n) is 12.2. The lowest BCUT2D eigenvalue weighted by atomic mass is 9.73. The summed E-state index contributed by atoms with van der Waals surface area (Å²) in [6.45, 7) is 11.5. The number of allylic oxidation sites excluding steroid dienone is 1. The van der Waals surface area contributed by atoms with E-state index in [2.05, 4.69) is 40.7 Å². The van der Waals surface area contributed by atoms with Gasteiger partial charge >= 0.3 is 11.8 Å². The minimum atomic E-state index is -0.936. The molecule has 35 heavy (non-hydrogen) atoms. The van der Waals surface area contributed by atoms with Crippen LogP contribution >= 0.6 is 0 Å². The average Bonchev–Trinajstić information content (AvgIpc) is 3.01. The molecular weight excluding hydrogens is 440 g/mol. The lowest BCUT2D eigenvalue weighted by Crippen LogP contribution is -2.47. The van der Waals surface area contributed by atoms with Crippen LogP contribution in [-0.4, -0.2) is 36.3 Å². The van der Waals surface area contributed by atoms with Crippen LogP contribution in [0.25, 0.3) is 16.7 Å². The Kier molecular flexibility index (Phi) is 6.38. The molecule has 0 fully saturated rings. The number of carbonyl (C=O) groups is 1. The average molecular weight is 477 g/mol. The number of nitrogens with zero attached hydrogens (tertiary/aromatic N) is 4. The first-order valence-corrected chi connectivity index (χ1v) is 12.2. The van der Waals surface area contributed by atoms with Crippen molar-refractivity contribution in [2.45, 2.75) is 66.6 Å². The van der Waals surface area contributed by atoms with Gasteiger partial charge in [-0.15, -0.1) is 0 Å². The van der Waals surface area contributed by atoms with E-state index in [9.17, 15) is 14.7 Å². The van der Waals surface area contributed by atoms with E-state index in [-0.39, 0.29) is 22.6 Å². The molecule has 186 valence electrons. The molecule has 1 atom stereocenters. The zero-order valence-corrected chi connectivity index (χ0v) is 21.6. The van der Waals surface area contributed by atoms with Crippen LogP contribution in [0.3, 0.4) is 0 Å². The summed E-state index contributed by atoms with van der Waals surface area (Å²) in [5.74, 6) is 0. The molecule has 7 nitrogen and oxygen atoms in total. The summed E-state index contributed by atoms with van der Waals surface area (Å²) in [6.07, 6.45) is 2.77. The molecule has 4 rings (SSSR count). The van der Waals surface area contributed by atoms with Gasteiger partial charge in [0.25, 0.3) is 0 Å². The number of rotatable bonds is 5. The Morgan fingerprint density at radius 3 is 2.49 bits per heavy atom. The van der Waals surface area contributed by atoms with Crippen LogP contribution < -0.4 is 5.69 Å². The van der Waals surface area contributed by atoms with Crippen LogP contribution in [0.1, 0.15) is 58.7 Å². The van der Waals surface area contributed by atoms with Gasteiger partial charge in [-0.05, 0) is 46.9 Å². The maximum atomic E-state index is 12.9. The molecule has 1 aliphatic carbocycles.